The summed E-state index contributed by atoms with van der Waals surface area (Å²) in [5, 5.41) is 4.39. The van der Waals surface area contributed by atoms with Crippen molar-refractivity contribution in [1.29, 1.82) is 0 Å². The normalized spacial score (nSPS) is 11.7. The maximum Gasteiger partial charge on any atom is 0.171 e. The summed E-state index contributed by atoms with van der Waals surface area (Å²) >= 11 is 0. The van der Waals surface area contributed by atoms with Gasteiger partial charge in [0.05, 0.1) is 0 Å². The van der Waals surface area contributed by atoms with Crippen LogP contribution in [-0.4, -0.2) is 4.98 Å². The smallest absolute Gasteiger partial charge is 0.171 e. The van der Waals surface area contributed by atoms with Gasteiger partial charge in [-0.15, -0.1) is 0 Å². The second-order valence-corrected chi connectivity index (χ2v) is 15.0. The summed E-state index contributed by atoms with van der Waals surface area (Å²) in [7, 11) is -6.55. The first-order valence-electron chi connectivity index (χ1n) is 13.1. The average Bonchev–Trinajstić information content (AvgIpc) is 3.06. The summed E-state index contributed by atoms with van der Waals surface area (Å²) < 4.78 is 30.6. The number of hydrogen-bond donors (Lipinski definition) is 0. The Balaban J connectivity index is 1.67. The van der Waals surface area contributed by atoms with Crippen molar-refractivity contribution < 1.29 is 9.13 Å². The van der Waals surface area contributed by atoms with Crippen LogP contribution in [0.25, 0.3) is 11.1 Å². The van der Waals surface area contributed by atoms with E-state index in [1.807, 2.05) is 152 Å². The lowest BCUT2D eigenvalue weighted by atomic mass is 10.1. The molecule has 6 rings (SSSR count). The fourth-order valence-corrected chi connectivity index (χ4v) is 10.7. The second-order valence-electron chi connectivity index (χ2n) is 9.50. The van der Waals surface area contributed by atoms with Crippen molar-refractivity contribution in [2.24, 2.45) is 0 Å². The van der Waals surface area contributed by atoms with Crippen molar-refractivity contribution >= 4 is 46.1 Å². The first kappa shape index (κ1) is 26.0. The van der Waals surface area contributed by atoms with Crippen LogP contribution in [0, 0.1) is 0 Å². The van der Waals surface area contributed by atoms with Gasteiger partial charge in [0.25, 0.3) is 0 Å². The molecule has 0 amide bonds. The Labute approximate surface area is 235 Å². The summed E-state index contributed by atoms with van der Waals surface area (Å²) in [5.41, 5.74) is 1.65. The maximum absolute atomic E-state index is 15.4. The quantitative estimate of drug-likeness (QED) is 0.226. The van der Waals surface area contributed by atoms with Gasteiger partial charge < -0.3 is 9.13 Å². The van der Waals surface area contributed by atoms with E-state index in [1.165, 1.54) is 0 Å². The lowest BCUT2D eigenvalue weighted by Crippen LogP contribution is -2.30. The monoisotopic (exact) mass is 555 g/mol. The van der Waals surface area contributed by atoms with Gasteiger partial charge in [-0.3, -0.25) is 4.98 Å². The summed E-state index contributed by atoms with van der Waals surface area (Å²) in [6.45, 7) is 0. The van der Waals surface area contributed by atoms with E-state index < -0.39 is 14.3 Å². The minimum absolute atomic E-state index is 0.688. The zero-order valence-electron chi connectivity index (χ0n) is 21.7. The molecule has 0 aliphatic rings. The Bertz CT molecular complexity index is 1740. The van der Waals surface area contributed by atoms with Gasteiger partial charge in [-0.25, -0.2) is 0 Å². The Kier molecular flexibility index (Phi) is 7.18. The molecular formula is C35H27NO2P2. The predicted octanol–water partition coefficient (Wildman–Crippen LogP) is 6.03. The van der Waals surface area contributed by atoms with Crippen LogP contribution in [0.1, 0.15) is 0 Å². The summed E-state index contributed by atoms with van der Waals surface area (Å²) in [5.74, 6) is 0. The number of rotatable bonds is 7. The molecule has 0 fully saturated rings. The van der Waals surface area contributed by atoms with Crippen LogP contribution >= 0.6 is 14.3 Å². The van der Waals surface area contributed by atoms with Crippen molar-refractivity contribution in [3.8, 4) is 11.1 Å². The summed E-state index contributed by atoms with van der Waals surface area (Å²) in [6.07, 6.45) is 3.46. The Morgan fingerprint density at radius 1 is 0.400 bits per heavy atom. The Hall–Kier alpha value is -4.29. The standard InChI is InChI=1S/C35H27NO2P2/c37-39(29-13-5-1-6-14-29,30-15-7-2-8-16-30)33-21-22-35(34(27-33)28-23-25-36-26-24-28)40(38,31-17-9-3-10-18-31)32-19-11-4-12-20-32/h1-27H. The summed E-state index contributed by atoms with van der Waals surface area (Å²) in [6, 6.07) is 48.1. The van der Waals surface area contributed by atoms with Crippen LogP contribution in [0.15, 0.2) is 164 Å². The molecule has 0 spiro atoms. The zero-order chi connectivity index (χ0) is 27.4. The molecule has 6 aromatic rings. The predicted molar refractivity (Wildman–Crippen MR) is 168 cm³/mol. The van der Waals surface area contributed by atoms with E-state index in [2.05, 4.69) is 4.98 Å². The van der Waals surface area contributed by atoms with Gasteiger partial charge in [0, 0.05) is 44.2 Å². The van der Waals surface area contributed by atoms with Gasteiger partial charge in [-0.2, -0.15) is 0 Å². The number of aromatic nitrogens is 1. The molecule has 3 nitrogen and oxygen atoms in total. The number of nitrogens with zero attached hydrogens (tertiary/aromatic N) is 1. The third-order valence-corrected chi connectivity index (χ3v) is 13.3. The third kappa shape index (κ3) is 4.58. The molecule has 0 bridgehead atoms. The highest BCUT2D eigenvalue weighted by Crippen LogP contribution is 2.47. The molecule has 40 heavy (non-hydrogen) atoms. The van der Waals surface area contributed by atoms with Crippen molar-refractivity contribution in [1.82, 2.24) is 4.98 Å². The molecule has 0 radical (unpaired) electrons. The highest BCUT2D eigenvalue weighted by Gasteiger charge is 2.35. The molecule has 0 saturated heterocycles. The fourth-order valence-electron chi connectivity index (χ4n) is 5.18. The van der Waals surface area contributed by atoms with Crippen molar-refractivity contribution in [3.05, 3.63) is 164 Å². The van der Waals surface area contributed by atoms with Crippen LogP contribution in [0.2, 0.25) is 0 Å². The molecule has 0 aliphatic heterocycles. The molecule has 1 aromatic heterocycles. The van der Waals surface area contributed by atoms with Gasteiger partial charge in [0.2, 0.25) is 0 Å². The van der Waals surface area contributed by atoms with Gasteiger partial charge >= 0.3 is 0 Å². The van der Waals surface area contributed by atoms with Crippen LogP contribution < -0.4 is 31.8 Å². The maximum atomic E-state index is 15.4. The lowest BCUT2D eigenvalue weighted by molar-refractivity contribution is 0.591. The number of pyridine rings is 1. The summed E-state index contributed by atoms with van der Waals surface area (Å²) in [4.78, 5) is 4.22. The van der Waals surface area contributed by atoms with E-state index in [9.17, 15) is 0 Å². The van der Waals surface area contributed by atoms with Crippen LogP contribution in [0.5, 0.6) is 0 Å². The molecule has 5 aromatic carbocycles. The molecule has 0 saturated carbocycles. The van der Waals surface area contributed by atoms with Crippen molar-refractivity contribution in [3.63, 3.8) is 0 Å². The highest BCUT2D eigenvalue weighted by molar-refractivity contribution is 7.86. The third-order valence-electron chi connectivity index (χ3n) is 7.15. The Morgan fingerprint density at radius 3 is 1.23 bits per heavy atom. The van der Waals surface area contributed by atoms with Crippen LogP contribution in [-0.2, 0) is 9.13 Å². The van der Waals surface area contributed by atoms with Crippen LogP contribution in [0.3, 0.4) is 0 Å². The van der Waals surface area contributed by atoms with E-state index >= 15 is 9.13 Å². The molecule has 0 unspecified atom stereocenters. The van der Waals surface area contributed by atoms with E-state index in [4.69, 9.17) is 0 Å². The average molecular weight is 556 g/mol. The zero-order valence-corrected chi connectivity index (χ0v) is 23.5. The van der Waals surface area contributed by atoms with Crippen molar-refractivity contribution in [2.75, 3.05) is 0 Å². The molecule has 1 heterocycles. The fraction of sp³-hybridized carbons (Fsp3) is 0. The van der Waals surface area contributed by atoms with E-state index in [0.717, 1.165) is 32.3 Å². The lowest BCUT2D eigenvalue weighted by Gasteiger charge is -2.26. The topological polar surface area (TPSA) is 47.0 Å². The van der Waals surface area contributed by atoms with E-state index in [0.29, 0.717) is 10.6 Å². The second kappa shape index (κ2) is 11.1. The van der Waals surface area contributed by atoms with Gasteiger partial charge in [0.1, 0.15) is 0 Å². The molecule has 0 N–H and O–H groups in total. The molecule has 0 aliphatic carbocycles. The van der Waals surface area contributed by atoms with Gasteiger partial charge in [0.15, 0.2) is 14.3 Å². The van der Waals surface area contributed by atoms with Crippen LogP contribution in [0.4, 0.5) is 0 Å². The van der Waals surface area contributed by atoms with Crippen molar-refractivity contribution in [2.45, 2.75) is 0 Å². The highest BCUT2D eigenvalue weighted by atomic mass is 31.2. The SMILES string of the molecule is O=P(c1ccccc1)(c1ccccc1)c1ccc(P(=O)(c2ccccc2)c2ccccc2)c(-c2ccncc2)c1. The minimum atomic E-state index is -3.31. The van der Waals surface area contributed by atoms with Gasteiger partial charge in [-0.05, 0) is 35.4 Å². The first-order valence-corrected chi connectivity index (χ1v) is 16.5. The minimum Gasteiger partial charge on any atom is -0.309 e. The Morgan fingerprint density at radius 2 is 0.800 bits per heavy atom. The molecule has 0 atom stereocenters. The molecular weight excluding hydrogens is 528 g/mol. The van der Waals surface area contributed by atoms with Gasteiger partial charge in [-0.1, -0.05) is 127 Å². The first-order chi connectivity index (χ1) is 19.6. The molecule has 5 heteroatoms. The largest absolute Gasteiger partial charge is 0.309 e. The number of benzene rings is 5. The van der Waals surface area contributed by atoms with E-state index in [1.54, 1.807) is 12.4 Å². The van der Waals surface area contributed by atoms with E-state index in [-0.39, 0.29) is 0 Å². The molecule has 194 valence electrons. The number of hydrogen-bond acceptors (Lipinski definition) is 3.